The van der Waals surface area contributed by atoms with E-state index in [0.29, 0.717) is 37.8 Å². The van der Waals surface area contributed by atoms with E-state index in [1.54, 1.807) is 18.2 Å². The number of amides is 4. The lowest BCUT2D eigenvalue weighted by molar-refractivity contribution is -0.380. The summed E-state index contributed by atoms with van der Waals surface area (Å²) < 4.78 is 20.5. The molecule has 0 aromatic heterocycles. The monoisotopic (exact) mass is 640 g/mol. The van der Waals surface area contributed by atoms with Crippen LogP contribution < -0.4 is 21.1 Å². The number of carboxylic acid groups (broad SMARTS) is 2. The minimum atomic E-state index is -1.91. The summed E-state index contributed by atoms with van der Waals surface area (Å²) in [4.78, 5) is 71.0. The molecule has 2 aliphatic rings. The molecule has 0 saturated carbocycles. The number of nitrogens with two attached hydrogens (primary N) is 1. The minimum Gasteiger partial charge on any atom is -0.481 e. The number of benzene rings is 1. The molecule has 2 saturated heterocycles. The highest BCUT2D eigenvalue weighted by Crippen LogP contribution is 2.27. The van der Waals surface area contributed by atoms with E-state index in [1.807, 2.05) is 0 Å². The predicted molar refractivity (Wildman–Crippen MR) is 147 cm³/mol. The molecule has 0 spiro atoms. The number of carbonyl (C=O) groups excluding carboxylic acids is 4. The van der Waals surface area contributed by atoms with Crippen molar-refractivity contribution in [3.63, 3.8) is 0 Å². The van der Waals surface area contributed by atoms with Gasteiger partial charge >= 0.3 is 24.5 Å². The van der Waals surface area contributed by atoms with Crippen molar-refractivity contribution in [1.82, 2.24) is 15.5 Å². The van der Waals surface area contributed by atoms with Crippen LogP contribution in [0, 0.1) is 0 Å². The Balaban J connectivity index is 1.46. The van der Waals surface area contributed by atoms with Gasteiger partial charge < -0.3 is 55.9 Å². The van der Waals surface area contributed by atoms with E-state index in [1.165, 1.54) is 4.90 Å². The van der Waals surface area contributed by atoms with Gasteiger partial charge in [0.25, 0.3) is 0 Å². The van der Waals surface area contributed by atoms with Crippen molar-refractivity contribution in [2.24, 2.45) is 5.73 Å². The first-order valence-corrected chi connectivity index (χ1v) is 14.0. The van der Waals surface area contributed by atoms with E-state index < -0.39 is 60.9 Å². The van der Waals surface area contributed by atoms with Crippen LogP contribution in [-0.2, 0) is 51.2 Å². The Morgan fingerprint density at radius 3 is 2.49 bits per heavy atom. The molecule has 248 valence electrons. The fraction of sp³-hybridized carbons (Fsp3) is 0.556. The smallest absolute Gasteiger partial charge is 0.404 e. The summed E-state index contributed by atoms with van der Waals surface area (Å²) >= 11 is 0. The highest BCUT2D eigenvalue weighted by Gasteiger charge is 2.43. The molecule has 3 rings (SSSR count). The van der Waals surface area contributed by atoms with Crippen LogP contribution in [0.5, 0.6) is 5.75 Å². The number of aliphatic carboxylic acids is 2. The molecule has 18 nitrogen and oxygen atoms in total. The highest BCUT2D eigenvalue weighted by atomic mass is 16.9. The maximum Gasteiger partial charge on any atom is 0.404 e. The lowest BCUT2D eigenvalue weighted by Gasteiger charge is -2.34. The fourth-order valence-corrected chi connectivity index (χ4v) is 4.50. The Kier molecular flexibility index (Phi) is 12.8. The topological polar surface area (TPSA) is 274 Å². The van der Waals surface area contributed by atoms with Crippen molar-refractivity contribution in [3.05, 3.63) is 29.3 Å². The number of rotatable bonds is 16. The zero-order valence-electron chi connectivity index (χ0n) is 24.1. The van der Waals surface area contributed by atoms with Gasteiger partial charge in [-0.05, 0) is 37.3 Å². The van der Waals surface area contributed by atoms with Crippen molar-refractivity contribution in [2.45, 2.75) is 76.1 Å². The molecule has 2 fully saturated rings. The summed E-state index contributed by atoms with van der Waals surface area (Å²) in [7, 11) is 0. The van der Waals surface area contributed by atoms with Crippen molar-refractivity contribution < 1.29 is 68.1 Å². The zero-order valence-corrected chi connectivity index (χ0v) is 24.1. The number of carbonyl (C=O) groups is 6. The number of ether oxygens (including phenoxy) is 4. The van der Waals surface area contributed by atoms with Gasteiger partial charge in [0.15, 0.2) is 12.4 Å². The third-order valence-electron chi connectivity index (χ3n) is 6.83. The second-order valence-electron chi connectivity index (χ2n) is 10.2. The molecule has 2 heterocycles. The van der Waals surface area contributed by atoms with Crippen LogP contribution in [-0.4, -0.2) is 112 Å². The maximum absolute atomic E-state index is 12.5. The van der Waals surface area contributed by atoms with E-state index in [4.69, 9.17) is 29.8 Å². The summed E-state index contributed by atoms with van der Waals surface area (Å²) in [5, 5.41) is 42.8. The number of likely N-dealkylation sites (tertiary alicyclic amines) is 1. The van der Waals surface area contributed by atoms with Crippen molar-refractivity contribution in [1.29, 1.82) is 0 Å². The molecule has 0 radical (unpaired) electrons. The molecule has 4 amide bonds. The first kappa shape index (κ1) is 35.0. The predicted octanol–water partition coefficient (Wildman–Crippen LogP) is -1.86. The van der Waals surface area contributed by atoms with Gasteiger partial charge in [-0.2, -0.15) is 0 Å². The number of unbranched alkanes of at least 4 members (excludes halogenated alkanes) is 1. The number of nitrogens with zero attached hydrogens (tertiary/aromatic N) is 1. The number of aliphatic hydroxyl groups is 2. The number of hydrogen-bond acceptors (Lipinski definition) is 12. The summed E-state index contributed by atoms with van der Waals surface area (Å²) in [5.74, 6) is -3.93. The summed E-state index contributed by atoms with van der Waals surface area (Å²) in [6, 6.07) is 4.07. The minimum absolute atomic E-state index is 0.0754. The number of primary amides is 1. The average Bonchev–Trinajstić information content (AvgIpc) is 3.30. The van der Waals surface area contributed by atoms with Crippen LogP contribution in [0.2, 0.25) is 0 Å². The molecule has 1 aromatic carbocycles. The first-order chi connectivity index (χ1) is 21.3. The quantitative estimate of drug-likeness (QED) is 0.0977. The number of hydrogen-bond donors (Lipinski definition) is 7. The molecule has 0 aliphatic carbocycles. The standard InChI is InChI=1S/C27H36N4O14/c28-26(41)42-13-15-5-4-14(11-17(15)43-27-44-22(24(38)39)21(36)25(40)45-27)3-1-2-9-29-19(33)12-31-10-8-16(23(31)37)30-18(32)6-7-20(34)35/h4-5,11,16,21-22,25,27,36,40H,1-3,6-10,12-13H2,(H2,28,41)(H,29,33)(H,30,32)(H,34,35)(H,38,39)/t16-,21+,22?,25?,27?/m0/s1. The van der Waals surface area contributed by atoms with Crippen molar-refractivity contribution in [3.8, 4) is 5.75 Å². The summed E-state index contributed by atoms with van der Waals surface area (Å²) in [6.45, 7) is -1.61. The molecule has 3 unspecified atom stereocenters. The number of aliphatic hydroxyl groups excluding tert-OH is 2. The molecule has 0 bridgehead atoms. The van der Waals surface area contributed by atoms with Crippen LogP contribution in [0.4, 0.5) is 4.79 Å². The van der Waals surface area contributed by atoms with E-state index in [9.17, 15) is 44.1 Å². The van der Waals surface area contributed by atoms with Crippen molar-refractivity contribution in [2.75, 3.05) is 19.6 Å². The van der Waals surface area contributed by atoms with Gasteiger partial charge in [0.2, 0.25) is 17.7 Å². The Bertz CT molecular complexity index is 1260. The van der Waals surface area contributed by atoms with Crippen LogP contribution in [0.1, 0.15) is 43.2 Å². The second kappa shape index (κ2) is 16.5. The SMILES string of the molecule is NC(=O)OCc1ccc(CCCCNC(=O)CN2CC[C@H](NC(=O)CCC(=O)O)C2=O)cc1OC1OC(O)[C@H](O)C(C(=O)O)O1. The first-order valence-electron chi connectivity index (χ1n) is 14.0. The number of carboxylic acids is 2. The second-order valence-corrected chi connectivity index (χ2v) is 10.2. The Morgan fingerprint density at radius 2 is 1.80 bits per heavy atom. The van der Waals surface area contributed by atoms with Gasteiger partial charge in [-0.25, -0.2) is 9.59 Å². The van der Waals surface area contributed by atoms with Gasteiger partial charge in [0, 0.05) is 25.1 Å². The van der Waals surface area contributed by atoms with Gasteiger partial charge in [0.1, 0.15) is 24.5 Å². The largest absolute Gasteiger partial charge is 0.481 e. The highest BCUT2D eigenvalue weighted by molar-refractivity contribution is 5.92. The summed E-state index contributed by atoms with van der Waals surface area (Å²) in [5.41, 5.74) is 6.10. The van der Waals surface area contributed by atoms with Crippen LogP contribution in [0.3, 0.4) is 0 Å². The van der Waals surface area contributed by atoms with Gasteiger partial charge in [-0.1, -0.05) is 12.1 Å². The molecular weight excluding hydrogens is 604 g/mol. The third-order valence-corrected chi connectivity index (χ3v) is 6.83. The van der Waals surface area contributed by atoms with E-state index in [2.05, 4.69) is 10.6 Å². The number of nitrogens with one attached hydrogen (secondary N) is 2. The van der Waals surface area contributed by atoms with Crippen molar-refractivity contribution >= 4 is 35.8 Å². The normalized spacial score (nSPS) is 22.8. The average molecular weight is 641 g/mol. The van der Waals surface area contributed by atoms with E-state index >= 15 is 0 Å². The lowest BCUT2D eigenvalue weighted by Crippen LogP contribution is -2.54. The van der Waals surface area contributed by atoms with Gasteiger partial charge in [0.05, 0.1) is 13.0 Å². The molecule has 5 atom stereocenters. The molecule has 2 aliphatic heterocycles. The molecule has 8 N–H and O–H groups in total. The van der Waals surface area contributed by atoms with E-state index in [-0.39, 0.29) is 44.2 Å². The van der Waals surface area contributed by atoms with Crippen LogP contribution >= 0.6 is 0 Å². The molecular formula is C27H36N4O14. The number of aryl methyl sites for hydroxylation is 1. The lowest BCUT2D eigenvalue weighted by atomic mass is 10.1. The van der Waals surface area contributed by atoms with Gasteiger partial charge in [-0.15, -0.1) is 0 Å². The Labute approximate surface area is 256 Å². The maximum atomic E-state index is 12.5. The Hall–Kier alpha value is -4.52. The zero-order chi connectivity index (χ0) is 33.1. The summed E-state index contributed by atoms with van der Waals surface area (Å²) in [6.07, 6.45) is -5.25. The molecule has 18 heteroatoms. The van der Waals surface area contributed by atoms with Gasteiger partial charge in [-0.3, -0.25) is 23.9 Å². The molecule has 45 heavy (non-hydrogen) atoms. The van der Waals surface area contributed by atoms with Crippen LogP contribution in [0.15, 0.2) is 18.2 Å². The van der Waals surface area contributed by atoms with E-state index in [0.717, 1.165) is 5.56 Å². The molecule has 1 aromatic rings. The Morgan fingerprint density at radius 1 is 1.04 bits per heavy atom. The van der Waals surface area contributed by atoms with Crippen LogP contribution in [0.25, 0.3) is 0 Å². The fourth-order valence-electron chi connectivity index (χ4n) is 4.50. The third kappa shape index (κ3) is 10.9.